The van der Waals surface area contributed by atoms with Crippen LogP contribution in [0.1, 0.15) is 41.3 Å². The number of benzene rings is 2. The van der Waals surface area contributed by atoms with Gasteiger partial charge in [0.15, 0.2) is 0 Å². The third kappa shape index (κ3) is 5.52. The van der Waals surface area contributed by atoms with Crippen molar-refractivity contribution in [3.63, 3.8) is 0 Å². The van der Waals surface area contributed by atoms with Crippen LogP contribution in [0, 0.1) is 5.92 Å². The number of pyridine rings is 1. The summed E-state index contributed by atoms with van der Waals surface area (Å²) in [6.07, 6.45) is 2.72. The first-order valence-corrected chi connectivity index (χ1v) is 11.4. The lowest BCUT2D eigenvalue weighted by atomic mass is 9.86. The van der Waals surface area contributed by atoms with Crippen LogP contribution < -0.4 is 15.4 Å². The molecule has 4 rings (SSSR count). The van der Waals surface area contributed by atoms with Gasteiger partial charge in [-0.3, -0.25) is 9.78 Å². The summed E-state index contributed by atoms with van der Waals surface area (Å²) < 4.78 is 5.35. The largest absolute Gasteiger partial charge is 0.496 e. The molecule has 2 aromatic carbocycles. The van der Waals surface area contributed by atoms with Gasteiger partial charge in [0.05, 0.1) is 24.9 Å². The third-order valence-corrected chi connectivity index (χ3v) is 6.39. The lowest BCUT2D eigenvalue weighted by molar-refractivity contribution is -0.136. The van der Waals surface area contributed by atoms with Crippen molar-refractivity contribution in [3.05, 3.63) is 89.2 Å². The van der Waals surface area contributed by atoms with Crippen molar-refractivity contribution >= 4 is 11.7 Å². The topological polar surface area (TPSA) is 83.5 Å². The highest BCUT2D eigenvalue weighted by atomic mass is 16.5. The summed E-state index contributed by atoms with van der Waals surface area (Å²) in [5.41, 5.74) is 5.29. The molecule has 2 heterocycles. The first-order chi connectivity index (χ1) is 16.0. The van der Waals surface area contributed by atoms with E-state index >= 15 is 0 Å². The normalized spacial score (nSPS) is 16.8. The number of ether oxygens (including phenoxy) is 1. The van der Waals surface area contributed by atoms with E-state index in [1.165, 1.54) is 5.56 Å². The molecule has 0 unspecified atom stereocenters. The first-order valence-electron chi connectivity index (χ1n) is 11.4. The van der Waals surface area contributed by atoms with Gasteiger partial charge in [-0.05, 0) is 41.7 Å². The molecule has 3 atom stereocenters. The Balaban J connectivity index is 1.51. The molecule has 0 spiro atoms. The zero-order valence-electron chi connectivity index (χ0n) is 19.1. The van der Waals surface area contributed by atoms with Crippen LogP contribution in [0.5, 0.6) is 5.75 Å². The Labute approximate surface area is 195 Å². The van der Waals surface area contributed by atoms with Gasteiger partial charge in [-0.25, -0.2) is 0 Å². The van der Waals surface area contributed by atoms with E-state index < -0.39 is 5.97 Å². The fraction of sp³-hybridized carbons (Fsp3) is 0.333. The lowest BCUT2D eigenvalue weighted by Crippen LogP contribution is -2.37. The predicted molar refractivity (Wildman–Crippen MR) is 130 cm³/mol. The lowest BCUT2D eigenvalue weighted by Gasteiger charge is -2.33. The van der Waals surface area contributed by atoms with Crippen molar-refractivity contribution in [2.75, 3.05) is 25.5 Å². The molecule has 1 aliphatic rings. The van der Waals surface area contributed by atoms with Gasteiger partial charge in [-0.1, -0.05) is 49.4 Å². The molecule has 0 aliphatic carbocycles. The zero-order valence-corrected chi connectivity index (χ0v) is 19.1. The summed E-state index contributed by atoms with van der Waals surface area (Å²) in [6, 6.07) is 20.6. The van der Waals surface area contributed by atoms with Crippen molar-refractivity contribution < 1.29 is 14.6 Å². The molecule has 6 nitrogen and oxygen atoms in total. The van der Waals surface area contributed by atoms with E-state index in [2.05, 4.69) is 52.9 Å². The molecule has 0 amide bonds. The maximum absolute atomic E-state index is 11.3. The van der Waals surface area contributed by atoms with E-state index in [-0.39, 0.29) is 18.4 Å². The highest BCUT2D eigenvalue weighted by Crippen LogP contribution is 2.32. The fourth-order valence-electron chi connectivity index (χ4n) is 4.60. The summed E-state index contributed by atoms with van der Waals surface area (Å²) >= 11 is 0. The van der Waals surface area contributed by atoms with Crippen LogP contribution in [0.3, 0.4) is 0 Å². The minimum absolute atomic E-state index is 0.0516. The number of methoxy groups -OCH3 is 1. The Morgan fingerprint density at radius 1 is 1.18 bits per heavy atom. The minimum Gasteiger partial charge on any atom is -0.496 e. The van der Waals surface area contributed by atoms with Crippen LogP contribution in [0.25, 0.3) is 0 Å². The molecule has 3 N–H and O–H groups in total. The fourth-order valence-corrected chi connectivity index (χ4v) is 4.60. The molecule has 0 fully saturated rings. The van der Waals surface area contributed by atoms with Crippen LogP contribution in [0.4, 0.5) is 5.69 Å². The number of aliphatic carboxylic acids is 1. The maximum Gasteiger partial charge on any atom is 0.307 e. The molecule has 1 aromatic heterocycles. The van der Waals surface area contributed by atoms with Crippen LogP contribution >= 0.6 is 0 Å². The third-order valence-electron chi connectivity index (χ3n) is 6.39. The van der Waals surface area contributed by atoms with Crippen molar-refractivity contribution in [2.45, 2.75) is 31.7 Å². The van der Waals surface area contributed by atoms with E-state index in [0.29, 0.717) is 17.2 Å². The molecule has 6 heteroatoms. The van der Waals surface area contributed by atoms with Gasteiger partial charge in [-0.15, -0.1) is 0 Å². The number of anilines is 1. The highest BCUT2D eigenvalue weighted by Gasteiger charge is 2.28. The molecule has 33 heavy (non-hydrogen) atoms. The van der Waals surface area contributed by atoms with Crippen LogP contribution in [-0.2, 0) is 17.6 Å². The van der Waals surface area contributed by atoms with E-state index in [9.17, 15) is 9.90 Å². The van der Waals surface area contributed by atoms with Crippen molar-refractivity contribution in [2.24, 2.45) is 5.92 Å². The zero-order chi connectivity index (χ0) is 23.2. The molecular weight excluding hydrogens is 414 g/mol. The van der Waals surface area contributed by atoms with E-state index in [1.807, 2.05) is 36.5 Å². The van der Waals surface area contributed by atoms with Crippen LogP contribution in [0.15, 0.2) is 66.9 Å². The number of carboxylic acids is 1. The molecule has 0 bridgehead atoms. The highest BCUT2D eigenvalue weighted by molar-refractivity contribution is 5.71. The van der Waals surface area contributed by atoms with Crippen molar-refractivity contribution in [3.8, 4) is 5.75 Å². The average molecular weight is 446 g/mol. The smallest absolute Gasteiger partial charge is 0.307 e. The summed E-state index contributed by atoms with van der Waals surface area (Å²) in [5.74, 6) is 0.319. The Kier molecular flexibility index (Phi) is 7.25. The Morgan fingerprint density at radius 2 is 2.00 bits per heavy atom. The molecule has 3 aromatic rings. The molecular formula is C27H31N3O3. The Hall–Kier alpha value is -3.38. The van der Waals surface area contributed by atoms with Crippen molar-refractivity contribution in [1.29, 1.82) is 0 Å². The van der Waals surface area contributed by atoms with E-state index in [4.69, 9.17) is 4.74 Å². The standard InChI is InChI=1S/C27H31N3O3/c1-18(20-10-11-25(33-2)21(13-20)15-26(31)32)16-30-27(19-7-4-3-5-8-19)22-14-24-23(29-17-22)9-6-12-28-24/h3-13,18,22,27,29-30H,14-17H2,1-2H3,(H,31,32)/t18-,22+,27+/m0/s1. The number of carboxylic acid groups (broad SMARTS) is 1. The van der Waals surface area contributed by atoms with Gasteiger partial charge in [0, 0.05) is 36.8 Å². The van der Waals surface area contributed by atoms with Gasteiger partial charge >= 0.3 is 5.97 Å². The van der Waals surface area contributed by atoms with Gasteiger partial charge < -0.3 is 20.5 Å². The monoisotopic (exact) mass is 445 g/mol. The molecule has 172 valence electrons. The predicted octanol–water partition coefficient (Wildman–Crippen LogP) is 4.44. The number of carbonyl (C=O) groups is 1. The number of fused-ring (bicyclic) bond motifs is 1. The quantitative estimate of drug-likeness (QED) is 0.452. The summed E-state index contributed by atoms with van der Waals surface area (Å²) in [5, 5.41) is 16.6. The number of hydrogen-bond acceptors (Lipinski definition) is 5. The summed E-state index contributed by atoms with van der Waals surface area (Å²) in [6.45, 7) is 3.81. The summed E-state index contributed by atoms with van der Waals surface area (Å²) in [4.78, 5) is 15.9. The van der Waals surface area contributed by atoms with E-state index in [1.54, 1.807) is 7.11 Å². The van der Waals surface area contributed by atoms with Crippen LogP contribution in [-0.4, -0.2) is 36.3 Å². The number of rotatable bonds is 9. The second kappa shape index (κ2) is 10.5. The molecule has 0 saturated heterocycles. The second-order valence-electron chi connectivity index (χ2n) is 8.68. The first kappa shape index (κ1) is 22.8. The Bertz CT molecular complexity index is 1090. The van der Waals surface area contributed by atoms with Gasteiger partial charge in [0.2, 0.25) is 0 Å². The van der Waals surface area contributed by atoms with Gasteiger partial charge in [-0.2, -0.15) is 0 Å². The number of nitrogens with zero attached hydrogens (tertiary/aromatic N) is 1. The van der Waals surface area contributed by atoms with Crippen LogP contribution in [0.2, 0.25) is 0 Å². The average Bonchev–Trinajstić information content (AvgIpc) is 2.84. The van der Waals surface area contributed by atoms with Gasteiger partial charge in [0.1, 0.15) is 5.75 Å². The molecule has 1 aliphatic heterocycles. The maximum atomic E-state index is 11.3. The number of hydrogen-bond donors (Lipinski definition) is 3. The SMILES string of the molecule is COc1ccc([C@@H](C)CN[C@H](c2ccccc2)[C@H]2CNc3cccnc3C2)cc1CC(=O)O. The van der Waals surface area contributed by atoms with E-state index in [0.717, 1.165) is 36.5 Å². The number of nitrogens with one attached hydrogen (secondary N) is 2. The molecule has 0 saturated carbocycles. The Morgan fingerprint density at radius 3 is 2.76 bits per heavy atom. The second-order valence-corrected chi connectivity index (χ2v) is 8.68. The van der Waals surface area contributed by atoms with Gasteiger partial charge in [0.25, 0.3) is 0 Å². The summed E-state index contributed by atoms with van der Waals surface area (Å²) in [7, 11) is 1.57. The number of aromatic nitrogens is 1. The van der Waals surface area contributed by atoms with Crippen molar-refractivity contribution in [1.82, 2.24) is 10.3 Å². The minimum atomic E-state index is -0.862. The molecule has 0 radical (unpaired) electrons.